The van der Waals surface area contributed by atoms with Crippen molar-refractivity contribution in [3.63, 3.8) is 0 Å². The third-order valence-corrected chi connectivity index (χ3v) is 2.76. The van der Waals surface area contributed by atoms with Crippen LogP contribution in [0.4, 0.5) is 4.39 Å². The lowest BCUT2D eigenvalue weighted by Crippen LogP contribution is -2.02. The Morgan fingerprint density at radius 3 is 2.83 bits per heavy atom. The van der Waals surface area contributed by atoms with Crippen molar-refractivity contribution < 1.29 is 13.9 Å². The first-order valence-corrected chi connectivity index (χ1v) is 5.69. The van der Waals surface area contributed by atoms with E-state index in [1.807, 2.05) is 18.3 Å². The lowest BCUT2D eigenvalue weighted by Gasteiger charge is -2.04. The molecular formula is C14H14FNO2. The van der Waals surface area contributed by atoms with E-state index in [2.05, 4.69) is 4.98 Å². The van der Waals surface area contributed by atoms with E-state index < -0.39 is 5.82 Å². The average Bonchev–Trinajstić information content (AvgIpc) is 2.89. The maximum absolute atomic E-state index is 13.4. The summed E-state index contributed by atoms with van der Waals surface area (Å²) in [5, 5.41) is 0. The van der Waals surface area contributed by atoms with Gasteiger partial charge in [0.2, 0.25) is 0 Å². The maximum atomic E-state index is 13.4. The minimum absolute atomic E-state index is 0.0776. The van der Waals surface area contributed by atoms with Crippen molar-refractivity contribution in [2.45, 2.75) is 12.8 Å². The van der Waals surface area contributed by atoms with Gasteiger partial charge in [0.15, 0.2) is 17.3 Å². The van der Waals surface area contributed by atoms with Crippen molar-refractivity contribution >= 4 is 5.78 Å². The number of hydrogen-bond donors (Lipinski definition) is 1. The molecule has 0 atom stereocenters. The molecule has 0 spiro atoms. The standard InChI is InChI=1S/C14H14FNO2/c1-18-14-7-4-10(9-12(14)15)13(17)6-5-11-3-2-8-16-11/h2-4,7-9,16H,5-6H2,1H3. The van der Waals surface area contributed by atoms with Gasteiger partial charge in [0, 0.05) is 23.9 Å². The number of carbonyl (C=O) groups excluding carboxylic acids is 1. The number of aromatic nitrogens is 1. The maximum Gasteiger partial charge on any atom is 0.165 e. The number of benzene rings is 1. The minimum Gasteiger partial charge on any atom is -0.494 e. The SMILES string of the molecule is COc1ccc(C(=O)CCc2ccc[nH]2)cc1F. The molecule has 0 fully saturated rings. The lowest BCUT2D eigenvalue weighted by molar-refractivity contribution is 0.0982. The summed E-state index contributed by atoms with van der Waals surface area (Å²) in [5.41, 5.74) is 1.37. The van der Waals surface area contributed by atoms with Gasteiger partial charge < -0.3 is 9.72 Å². The molecule has 4 heteroatoms. The van der Waals surface area contributed by atoms with Crippen LogP contribution in [0.1, 0.15) is 22.5 Å². The summed E-state index contributed by atoms with van der Waals surface area (Å²) < 4.78 is 18.2. The number of H-pyrrole nitrogens is 1. The van der Waals surface area contributed by atoms with E-state index in [0.29, 0.717) is 18.4 Å². The summed E-state index contributed by atoms with van der Waals surface area (Å²) in [6, 6.07) is 8.07. The topological polar surface area (TPSA) is 42.1 Å². The van der Waals surface area contributed by atoms with Gasteiger partial charge in [-0.05, 0) is 36.8 Å². The molecule has 3 nitrogen and oxygen atoms in total. The summed E-state index contributed by atoms with van der Waals surface area (Å²) in [6.45, 7) is 0. The predicted octanol–water partition coefficient (Wildman–Crippen LogP) is 2.98. The van der Waals surface area contributed by atoms with Gasteiger partial charge >= 0.3 is 0 Å². The summed E-state index contributed by atoms with van der Waals surface area (Å²) in [7, 11) is 1.39. The Labute approximate surface area is 105 Å². The first-order valence-electron chi connectivity index (χ1n) is 5.69. The molecule has 0 unspecified atom stereocenters. The van der Waals surface area contributed by atoms with Crippen molar-refractivity contribution in [1.29, 1.82) is 0 Å². The molecule has 0 radical (unpaired) electrons. The van der Waals surface area contributed by atoms with Gasteiger partial charge in [-0.15, -0.1) is 0 Å². The van der Waals surface area contributed by atoms with Gasteiger partial charge in [0.25, 0.3) is 0 Å². The minimum atomic E-state index is -0.511. The van der Waals surface area contributed by atoms with Crippen LogP contribution in [0.15, 0.2) is 36.5 Å². The average molecular weight is 247 g/mol. The number of ketones is 1. The van der Waals surface area contributed by atoms with Crippen LogP contribution in [-0.2, 0) is 6.42 Å². The van der Waals surface area contributed by atoms with Crippen molar-refractivity contribution in [2.75, 3.05) is 7.11 Å². The van der Waals surface area contributed by atoms with E-state index in [4.69, 9.17) is 4.74 Å². The van der Waals surface area contributed by atoms with Crippen molar-refractivity contribution in [3.8, 4) is 5.75 Å². The number of nitrogens with one attached hydrogen (secondary N) is 1. The van der Waals surface area contributed by atoms with Gasteiger partial charge in [-0.1, -0.05) is 0 Å². The van der Waals surface area contributed by atoms with E-state index >= 15 is 0 Å². The van der Waals surface area contributed by atoms with Crippen molar-refractivity contribution in [1.82, 2.24) is 4.98 Å². The number of rotatable bonds is 5. The van der Waals surface area contributed by atoms with Crippen LogP contribution in [-0.4, -0.2) is 17.9 Å². The van der Waals surface area contributed by atoms with Crippen LogP contribution in [0.3, 0.4) is 0 Å². The molecule has 2 rings (SSSR count). The molecular weight excluding hydrogens is 233 g/mol. The Kier molecular flexibility index (Phi) is 3.77. The van der Waals surface area contributed by atoms with E-state index in [1.54, 1.807) is 6.07 Å². The number of aromatic amines is 1. The highest BCUT2D eigenvalue weighted by atomic mass is 19.1. The highest BCUT2D eigenvalue weighted by Crippen LogP contribution is 2.18. The van der Waals surface area contributed by atoms with Crippen LogP contribution >= 0.6 is 0 Å². The molecule has 0 aliphatic rings. The van der Waals surface area contributed by atoms with Crippen LogP contribution in [0.25, 0.3) is 0 Å². The largest absolute Gasteiger partial charge is 0.494 e. The zero-order valence-corrected chi connectivity index (χ0v) is 10.1. The molecule has 1 aromatic heterocycles. The van der Waals surface area contributed by atoms with Gasteiger partial charge in [-0.3, -0.25) is 4.79 Å². The van der Waals surface area contributed by atoms with Crippen LogP contribution in [0.2, 0.25) is 0 Å². The van der Waals surface area contributed by atoms with Gasteiger partial charge in [0.1, 0.15) is 0 Å². The molecule has 0 aliphatic carbocycles. The molecule has 0 aliphatic heterocycles. The molecule has 0 amide bonds. The first-order chi connectivity index (χ1) is 8.70. The molecule has 94 valence electrons. The van der Waals surface area contributed by atoms with Gasteiger partial charge in [-0.25, -0.2) is 4.39 Å². The summed E-state index contributed by atoms with van der Waals surface area (Å²) in [5.74, 6) is -0.440. The molecule has 0 saturated carbocycles. The molecule has 18 heavy (non-hydrogen) atoms. The first kappa shape index (κ1) is 12.4. The van der Waals surface area contributed by atoms with E-state index in [1.165, 1.54) is 19.2 Å². The molecule has 1 heterocycles. The van der Waals surface area contributed by atoms with Gasteiger partial charge in [0.05, 0.1) is 7.11 Å². The lowest BCUT2D eigenvalue weighted by atomic mass is 10.1. The molecule has 0 bridgehead atoms. The van der Waals surface area contributed by atoms with Crippen LogP contribution in [0.5, 0.6) is 5.75 Å². The Hall–Kier alpha value is -2.10. The van der Waals surface area contributed by atoms with E-state index in [9.17, 15) is 9.18 Å². The molecule has 0 saturated heterocycles. The zero-order chi connectivity index (χ0) is 13.0. The van der Waals surface area contributed by atoms with Crippen molar-refractivity contribution in [3.05, 3.63) is 53.6 Å². The number of ether oxygens (including phenoxy) is 1. The number of halogens is 1. The summed E-state index contributed by atoms with van der Waals surface area (Å²) in [6.07, 6.45) is 2.79. The van der Waals surface area contributed by atoms with Crippen molar-refractivity contribution in [2.24, 2.45) is 0 Å². The molecule has 1 aromatic carbocycles. The zero-order valence-electron chi connectivity index (χ0n) is 10.1. The normalized spacial score (nSPS) is 10.3. The fraction of sp³-hybridized carbons (Fsp3) is 0.214. The van der Waals surface area contributed by atoms with E-state index in [-0.39, 0.29) is 11.5 Å². The second-order valence-corrected chi connectivity index (χ2v) is 3.97. The summed E-state index contributed by atoms with van der Waals surface area (Å²) in [4.78, 5) is 14.9. The Morgan fingerprint density at radius 2 is 2.22 bits per heavy atom. The Bertz CT molecular complexity index is 535. The molecule has 1 N–H and O–H groups in total. The third-order valence-electron chi connectivity index (χ3n) is 2.76. The van der Waals surface area contributed by atoms with E-state index in [0.717, 1.165) is 5.69 Å². The summed E-state index contributed by atoms with van der Waals surface area (Å²) >= 11 is 0. The highest BCUT2D eigenvalue weighted by molar-refractivity contribution is 5.96. The predicted molar refractivity (Wildman–Crippen MR) is 66.4 cm³/mol. The number of aryl methyl sites for hydroxylation is 1. The number of methoxy groups -OCH3 is 1. The van der Waals surface area contributed by atoms with Crippen LogP contribution < -0.4 is 4.74 Å². The second-order valence-electron chi connectivity index (χ2n) is 3.97. The smallest absolute Gasteiger partial charge is 0.165 e. The quantitative estimate of drug-likeness (QED) is 0.825. The third kappa shape index (κ3) is 2.77. The number of Topliss-reactive ketones (excluding diaryl/α,β-unsaturated/α-hetero) is 1. The second kappa shape index (κ2) is 5.49. The molecule has 2 aromatic rings. The fourth-order valence-corrected chi connectivity index (χ4v) is 1.76. The van der Waals surface area contributed by atoms with Gasteiger partial charge in [-0.2, -0.15) is 0 Å². The number of carbonyl (C=O) groups is 1. The monoisotopic (exact) mass is 247 g/mol. The highest BCUT2D eigenvalue weighted by Gasteiger charge is 2.10. The Balaban J connectivity index is 2.02. The van der Waals surface area contributed by atoms with Crippen LogP contribution in [0, 0.1) is 5.82 Å². The number of hydrogen-bond acceptors (Lipinski definition) is 2. The fourth-order valence-electron chi connectivity index (χ4n) is 1.76. The Morgan fingerprint density at radius 1 is 1.39 bits per heavy atom.